The van der Waals surface area contributed by atoms with Gasteiger partial charge in [-0.15, -0.1) is 0 Å². The van der Waals surface area contributed by atoms with Gasteiger partial charge in [0.25, 0.3) is 0 Å². The number of carbonyl (C=O) groups excluding carboxylic acids is 1. The third-order valence-electron chi connectivity index (χ3n) is 6.97. The van der Waals surface area contributed by atoms with Crippen LogP contribution in [0.25, 0.3) is 10.9 Å². The second-order valence-electron chi connectivity index (χ2n) is 8.76. The van der Waals surface area contributed by atoms with Gasteiger partial charge in [0.05, 0.1) is 7.11 Å². The predicted molar refractivity (Wildman–Crippen MR) is 127 cm³/mol. The van der Waals surface area contributed by atoms with Gasteiger partial charge in [-0.1, -0.05) is 24.6 Å². The van der Waals surface area contributed by atoms with Crippen LogP contribution in [0.15, 0.2) is 24.3 Å². The van der Waals surface area contributed by atoms with E-state index in [9.17, 15) is 4.79 Å². The smallest absolute Gasteiger partial charge is 0.468 e. The first-order valence-corrected chi connectivity index (χ1v) is 11.6. The van der Waals surface area contributed by atoms with E-state index in [0.29, 0.717) is 12.6 Å². The molecular formula is C28H30FeN2O2+2. The van der Waals surface area contributed by atoms with Crippen molar-refractivity contribution >= 4 is 16.9 Å². The van der Waals surface area contributed by atoms with Crippen LogP contribution in [0.3, 0.4) is 0 Å². The van der Waals surface area contributed by atoms with Crippen molar-refractivity contribution in [1.82, 2.24) is 9.88 Å². The third kappa shape index (κ3) is 5.21. The van der Waals surface area contributed by atoms with E-state index in [1.165, 1.54) is 49.2 Å². The summed E-state index contributed by atoms with van der Waals surface area (Å²) in [6.07, 6.45) is 21.2. The number of rotatable bonds is 2. The molecule has 2 atom stereocenters. The van der Waals surface area contributed by atoms with Crippen LogP contribution in [0.5, 0.6) is 0 Å². The van der Waals surface area contributed by atoms with E-state index in [-0.39, 0.29) is 29.0 Å². The first-order chi connectivity index (χ1) is 15.8. The molecule has 3 saturated carbocycles. The average molecular weight is 482 g/mol. The van der Waals surface area contributed by atoms with Crippen LogP contribution in [0.1, 0.15) is 36.4 Å². The second-order valence-corrected chi connectivity index (χ2v) is 8.76. The summed E-state index contributed by atoms with van der Waals surface area (Å²) in [5.74, 6) is 2.53. The standard InChI is InChI=1S/C23H25N2O2.C5H5.Fe/c1-27-23(26)19-14-25(21-11-5-7-15-6-4-9-16(15)21)13-12-18-17-8-2-3-10-20(17)24-22(18)19;1-2-4-5-3-1;/h2-4,6,8-10,19,21,24H,5,7,11-14H2,1H3;1-5H;/q;;+2. The minimum absolute atomic E-state index is 0. The number of carbonyl (C=O) groups is 1. The van der Waals surface area contributed by atoms with Gasteiger partial charge in [-0.25, -0.2) is 0 Å². The summed E-state index contributed by atoms with van der Waals surface area (Å²) in [5.41, 5.74) is 3.44. The van der Waals surface area contributed by atoms with E-state index in [1.807, 2.05) is 38.2 Å². The van der Waals surface area contributed by atoms with Gasteiger partial charge in [-0.2, -0.15) is 0 Å². The summed E-state index contributed by atoms with van der Waals surface area (Å²) in [6, 6.07) is 8.77. The van der Waals surface area contributed by atoms with Crippen LogP contribution in [0, 0.1) is 63.2 Å². The van der Waals surface area contributed by atoms with E-state index in [2.05, 4.69) is 47.3 Å². The Morgan fingerprint density at radius 3 is 2.55 bits per heavy atom. The molecule has 1 aliphatic heterocycles. The summed E-state index contributed by atoms with van der Waals surface area (Å²) in [4.78, 5) is 18.8. The maximum absolute atomic E-state index is 12.7. The fraction of sp³-hybridized carbons (Fsp3) is 0.321. The van der Waals surface area contributed by atoms with Crippen molar-refractivity contribution in [2.24, 2.45) is 0 Å². The molecule has 5 heteroatoms. The zero-order valence-electron chi connectivity index (χ0n) is 18.9. The molecule has 4 nitrogen and oxygen atoms in total. The zero-order chi connectivity index (χ0) is 21.9. The van der Waals surface area contributed by atoms with Gasteiger partial charge in [-0.05, 0) is 88.2 Å². The molecule has 0 bridgehead atoms. The summed E-state index contributed by atoms with van der Waals surface area (Å²) >= 11 is 0. The number of fused-ring (bicyclic) bond motifs is 4. The normalized spacial score (nSPS) is 26.0. The number of aromatic nitrogens is 1. The summed E-state index contributed by atoms with van der Waals surface area (Å²) in [5, 5.41) is 1.24. The van der Waals surface area contributed by atoms with Crippen molar-refractivity contribution in [2.45, 2.75) is 37.6 Å². The molecule has 2 unspecified atom stereocenters. The molecule has 1 N–H and O–H groups in total. The predicted octanol–water partition coefficient (Wildman–Crippen LogP) is 4.63. The fourth-order valence-electron chi connectivity index (χ4n) is 5.44. The molecule has 0 saturated heterocycles. The van der Waals surface area contributed by atoms with Gasteiger partial charge in [0.1, 0.15) is 5.92 Å². The van der Waals surface area contributed by atoms with Gasteiger partial charge in [0.2, 0.25) is 0 Å². The number of hydrogen-bond acceptors (Lipinski definition) is 3. The van der Waals surface area contributed by atoms with E-state index >= 15 is 0 Å². The minimum atomic E-state index is -0.264. The Kier molecular flexibility index (Phi) is 8.59. The molecule has 10 radical (unpaired) electrons. The molecule has 33 heavy (non-hydrogen) atoms. The van der Waals surface area contributed by atoms with Crippen molar-refractivity contribution in [3.8, 4) is 0 Å². The largest absolute Gasteiger partial charge is 2.00 e. The summed E-state index contributed by atoms with van der Waals surface area (Å²) in [6.45, 7) is 1.68. The number of esters is 1. The first-order valence-electron chi connectivity index (χ1n) is 11.6. The van der Waals surface area contributed by atoms with Gasteiger partial charge >= 0.3 is 23.0 Å². The Morgan fingerprint density at radius 1 is 1.03 bits per heavy atom. The van der Waals surface area contributed by atoms with Crippen LogP contribution in [-0.2, 0) is 33.0 Å². The fourth-order valence-corrected chi connectivity index (χ4v) is 5.44. The van der Waals surface area contributed by atoms with Crippen LogP contribution in [-0.4, -0.2) is 42.1 Å². The number of H-pyrrole nitrogens is 1. The molecule has 170 valence electrons. The molecule has 2 aromatic rings. The molecule has 2 heterocycles. The number of nitrogens with one attached hydrogen (secondary N) is 1. The Morgan fingerprint density at radius 2 is 1.79 bits per heavy atom. The quantitative estimate of drug-likeness (QED) is 0.502. The molecule has 4 aliphatic rings. The van der Waals surface area contributed by atoms with E-state index < -0.39 is 0 Å². The zero-order valence-corrected chi connectivity index (χ0v) is 20.0. The van der Waals surface area contributed by atoms with E-state index in [4.69, 9.17) is 4.74 Å². The van der Waals surface area contributed by atoms with Crippen molar-refractivity contribution in [1.29, 1.82) is 0 Å². The van der Waals surface area contributed by atoms with E-state index in [1.54, 1.807) is 0 Å². The van der Waals surface area contributed by atoms with Crippen molar-refractivity contribution in [3.63, 3.8) is 0 Å². The maximum Gasteiger partial charge on any atom is 2.00 e. The number of nitrogens with zero attached hydrogens (tertiary/aromatic N) is 1. The number of aromatic amines is 1. The molecule has 0 amide bonds. The van der Waals surface area contributed by atoms with Crippen LogP contribution in [0.2, 0.25) is 0 Å². The number of methoxy groups -OCH3 is 1. The van der Waals surface area contributed by atoms with Gasteiger partial charge in [0.15, 0.2) is 0 Å². The molecule has 0 spiro atoms. The molecule has 1 aromatic carbocycles. The summed E-state index contributed by atoms with van der Waals surface area (Å²) < 4.78 is 5.20. The topological polar surface area (TPSA) is 45.3 Å². The van der Waals surface area contributed by atoms with E-state index in [0.717, 1.165) is 24.2 Å². The SMILES string of the molecule is COC(=O)C1CN(C2CCC[C]3[CH][CH][CH][C]32)CCc2c1[nH]c1ccccc21.[CH]1[CH][CH][CH][CH]1.[Fe+2]. The Balaban J connectivity index is 0.000000385. The molecule has 1 aromatic heterocycles. The monoisotopic (exact) mass is 482 g/mol. The number of para-hydroxylation sites is 1. The van der Waals surface area contributed by atoms with Gasteiger partial charge in [0, 0.05) is 41.6 Å². The first kappa shape index (κ1) is 24.8. The molecular weight excluding hydrogens is 452 g/mol. The van der Waals surface area contributed by atoms with Crippen molar-refractivity contribution in [3.05, 3.63) is 98.7 Å². The summed E-state index contributed by atoms with van der Waals surface area (Å²) in [7, 11) is 1.50. The second kappa shape index (κ2) is 11.4. The molecule has 3 aliphatic carbocycles. The number of hydrogen-bond donors (Lipinski definition) is 1. The maximum atomic E-state index is 12.7. The Bertz CT molecular complexity index is 914. The van der Waals surface area contributed by atoms with Crippen LogP contribution in [0.4, 0.5) is 0 Å². The number of benzene rings is 1. The van der Waals surface area contributed by atoms with Crippen molar-refractivity contribution in [2.75, 3.05) is 20.2 Å². The van der Waals surface area contributed by atoms with Crippen molar-refractivity contribution < 1.29 is 26.6 Å². The van der Waals surface area contributed by atoms with Gasteiger partial charge in [-0.3, -0.25) is 9.69 Å². The molecule has 6 rings (SSSR count). The third-order valence-corrected chi connectivity index (χ3v) is 6.97. The number of ether oxygens (including phenoxy) is 1. The molecule has 3 fully saturated rings. The van der Waals surface area contributed by atoms with Crippen LogP contribution >= 0.6 is 0 Å². The Labute approximate surface area is 209 Å². The van der Waals surface area contributed by atoms with Crippen LogP contribution < -0.4 is 0 Å². The minimum Gasteiger partial charge on any atom is -0.468 e. The van der Waals surface area contributed by atoms with Gasteiger partial charge < -0.3 is 9.72 Å². The average Bonchev–Trinajstić information content (AvgIpc) is 3.59. The Hall–Kier alpha value is -1.29.